The Kier molecular flexibility index (Phi) is 5.72. The molecule has 1 aliphatic carbocycles. The first-order valence-corrected chi connectivity index (χ1v) is 10.8. The zero-order valence-corrected chi connectivity index (χ0v) is 17.2. The van der Waals surface area contributed by atoms with Gasteiger partial charge in [0.15, 0.2) is 0 Å². The molecule has 7 heteroatoms. The minimum Gasteiger partial charge on any atom is -0.381 e. The van der Waals surface area contributed by atoms with Gasteiger partial charge in [-0.1, -0.05) is 12.1 Å². The van der Waals surface area contributed by atoms with Gasteiger partial charge in [-0.05, 0) is 62.9 Å². The summed E-state index contributed by atoms with van der Waals surface area (Å²) in [6, 6.07) is 9.86. The van der Waals surface area contributed by atoms with Crippen LogP contribution in [0.2, 0.25) is 0 Å². The Morgan fingerprint density at radius 2 is 1.96 bits per heavy atom. The second-order valence-electron chi connectivity index (χ2n) is 7.41. The highest BCUT2D eigenvalue weighted by molar-refractivity contribution is 7.89. The molecule has 0 aliphatic heterocycles. The zero-order valence-electron chi connectivity index (χ0n) is 16.4. The second kappa shape index (κ2) is 7.86. The monoisotopic (exact) mass is 388 g/mol. The van der Waals surface area contributed by atoms with E-state index in [1.165, 1.54) is 0 Å². The van der Waals surface area contributed by atoms with Crippen molar-refractivity contribution >= 4 is 21.5 Å². The van der Waals surface area contributed by atoms with Crippen LogP contribution < -0.4 is 14.9 Å². The Bertz CT molecular complexity index is 891. The molecular weight excluding hydrogens is 360 g/mol. The second-order valence-corrected chi connectivity index (χ2v) is 9.09. The van der Waals surface area contributed by atoms with Crippen LogP contribution in [-0.2, 0) is 16.6 Å². The van der Waals surface area contributed by atoms with Gasteiger partial charge in [0.25, 0.3) is 0 Å². The van der Waals surface area contributed by atoms with Gasteiger partial charge in [0, 0.05) is 37.6 Å². The summed E-state index contributed by atoms with van der Waals surface area (Å²) in [4.78, 5) is 6.96. The highest BCUT2D eigenvalue weighted by Crippen LogP contribution is 2.27. The number of nitrogens with one attached hydrogen (secondary N) is 2. The Morgan fingerprint density at radius 1 is 1.22 bits per heavy atom. The van der Waals surface area contributed by atoms with Crippen molar-refractivity contribution in [3.05, 3.63) is 47.7 Å². The van der Waals surface area contributed by atoms with Crippen molar-refractivity contribution in [1.82, 2.24) is 9.71 Å². The summed E-state index contributed by atoms with van der Waals surface area (Å²) in [7, 11) is -1.44. The van der Waals surface area contributed by atoms with Gasteiger partial charge < -0.3 is 10.2 Å². The third-order valence-corrected chi connectivity index (χ3v) is 6.57. The summed E-state index contributed by atoms with van der Waals surface area (Å²) in [5.74, 6) is 0.934. The van der Waals surface area contributed by atoms with Crippen LogP contribution in [0, 0.1) is 6.92 Å². The number of nitrogens with zero attached hydrogens (tertiary/aromatic N) is 2. The third kappa shape index (κ3) is 4.78. The molecule has 0 radical (unpaired) electrons. The molecule has 1 aromatic carbocycles. The first-order chi connectivity index (χ1) is 12.8. The largest absolute Gasteiger partial charge is 0.381 e. The lowest BCUT2D eigenvalue weighted by molar-refractivity contribution is 0.580. The molecule has 1 fully saturated rings. The molecule has 1 aromatic heterocycles. The maximum atomic E-state index is 12.5. The van der Waals surface area contributed by atoms with Gasteiger partial charge in [-0.25, -0.2) is 18.1 Å². The van der Waals surface area contributed by atoms with E-state index in [-0.39, 0.29) is 6.04 Å². The van der Waals surface area contributed by atoms with Crippen LogP contribution in [0.25, 0.3) is 0 Å². The van der Waals surface area contributed by atoms with Crippen molar-refractivity contribution in [3.63, 3.8) is 0 Å². The summed E-state index contributed by atoms with van der Waals surface area (Å²) in [5.41, 5.74) is 2.59. The quantitative estimate of drug-likeness (QED) is 0.726. The predicted octanol–water partition coefficient (Wildman–Crippen LogP) is 3.29. The number of benzene rings is 1. The minimum absolute atomic E-state index is 0.0968. The van der Waals surface area contributed by atoms with E-state index in [0.29, 0.717) is 17.5 Å². The van der Waals surface area contributed by atoms with E-state index in [2.05, 4.69) is 33.8 Å². The number of pyridine rings is 1. The molecular formula is C20H28N4O2S. The molecule has 0 saturated heterocycles. The molecule has 27 heavy (non-hydrogen) atoms. The molecule has 0 amide bonds. The lowest BCUT2D eigenvalue weighted by Crippen LogP contribution is -2.26. The van der Waals surface area contributed by atoms with Crippen LogP contribution in [0.3, 0.4) is 0 Å². The van der Waals surface area contributed by atoms with Crippen molar-refractivity contribution < 1.29 is 8.42 Å². The number of anilines is 2. The Balaban J connectivity index is 1.70. The average Bonchev–Trinajstić information content (AvgIpc) is 3.43. The van der Waals surface area contributed by atoms with Crippen LogP contribution in [-0.4, -0.2) is 32.5 Å². The Hall–Kier alpha value is -2.12. The van der Waals surface area contributed by atoms with Gasteiger partial charge in [-0.15, -0.1) is 0 Å². The molecule has 1 heterocycles. The summed E-state index contributed by atoms with van der Waals surface area (Å²) in [6.45, 7) is 6.67. The molecule has 2 aromatic rings. The van der Waals surface area contributed by atoms with Crippen LogP contribution in [0.15, 0.2) is 41.4 Å². The smallest absolute Gasteiger partial charge is 0.241 e. The number of hydrogen-bond donors (Lipinski definition) is 2. The maximum Gasteiger partial charge on any atom is 0.241 e. The van der Waals surface area contributed by atoms with Crippen molar-refractivity contribution in [2.75, 3.05) is 17.3 Å². The van der Waals surface area contributed by atoms with Crippen LogP contribution in [0.4, 0.5) is 11.5 Å². The lowest BCUT2D eigenvalue weighted by atomic mass is 10.2. The van der Waals surface area contributed by atoms with Gasteiger partial charge in [0.05, 0.1) is 4.90 Å². The van der Waals surface area contributed by atoms with Gasteiger partial charge in [0.1, 0.15) is 5.82 Å². The van der Waals surface area contributed by atoms with Gasteiger partial charge in [-0.2, -0.15) is 0 Å². The maximum absolute atomic E-state index is 12.5. The normalized spacial score (nSPS) is 14.4. The van der Waals surface area contributed by atoms with E-state index in [4.69, 9.17) is 0 Å². The number of sulfonamides is 1. The zero-order chi connectivity index (χ0) is 19.6. The van der Waals surface area contributed by atoms with Gasteiger partial charge in [0.2, 0.25) is 10.0 Å². The number of rotatable bonds is 8. The summed E-state index contributed by atoms with van der Waals surface area (Å²) in [5, 5.41) is 3.34. The standard InChI is InChI=1S/C20H28N4O2S/c1-14(2)24(4)20-11-8-16(13-22-20)12-21-18-6-5-7-19(15(18)3)27(25,26)23-17-9-10-17/h5-8,11,13-14,17,21,23H,9-10,12H2,1-4H3. The Labute approximate surface area is 162 Å². The van der Waals surface area contributed by atoms with Crippen molar-refractivity contribution in [1.29, 1.82) is 0 Å². The molecule has 146 valence electrons. The molecule has 0 unspecified atom stereocenters. The SMILES string of the molecule is Cc1c(NCc2ccc(N(C)C(C)C)nc2)cccc1S(=O)(=O)NC1CC1. The first kappa shape index (κ1) is 19.6. The summed E-state index contributed by atoms with van der Waals surface area (Å²) >= 11 is 0. The summed E-state index contributed by atoms with van der Waals surface area (Å²) < 4.78 is 27.8. The van der Waals surface area contributed by atoms with E-state index in [9.17, 15) is 8.42 Å². The highest BCUT2D eigenvalue weighted by Gasteiger charge is 2.29. The molecule has 0 spiro atoms. The number of aromatic nitrogens is 1. The van der Waals surface area contributed by atoms with Crippen molar-refractivity contribution in [2.45, 2.75) is 57.1 Å². The molecule has 1 aliphatic rings. The van der Waals surface area contributed by atoms with E-state index >= 15 is 0 Å². The van der Waals surface area contributed by atoms with Crippen LogP contribution in [0.5, 0.6) is 0 Å². The highest BCUT2D eigenvalue weighted by atomic mass is 32.2. The van der Waals surface area contributed by atoms with E-state index < -0.39 is 10.0 Å². The topological polar surface area (TPSA) is 74.3 Å². The molecule has 2 N–H and O–H groups in total. The number of hydrogen-bond acceptors (Lipinski definition) is 5. The van der Waals surface area contributed by atoms with Gasteiger partial charge >= 0.3 is 0 Å². The minimum atomic E-state index is -3.46. The molecule has 0 bridgehead atoms. The predicted molar refractivity (Wildman–Crippen MR) is 110 cm³/mol. The van der Waals surface area contributed by atoms with Crippen molar-refractivity contribution in [2.24, 2.45) is 0 Å². The molecule has 6 nitrogen and oxygen atoms in total. The fourth-order valence-corrected chi connectivity index (χ4v) is 4.35. The molecule has 3 rings (SSSR count). The van der Waals surface area contributed by atoms with Crippen LogP contribution >= 0.6 is 0 Å². The molecule has 1 saturated carbocycles. The van der Waals surface area contributed by atoms with E-state index in [1.807, 2.05) is 38.4 Å². The Morgan fingerprint density at radius 3 is 2.56 bits per heavy atom. The lowest BCUT2D eigenvalue weighted by Gasteiger charge is -2.22. The van der Waals surface area contributed by atoms with E-state index in [1.54, 1.807) is 12.1 Å². The van der Waals surface area contributed by atoms with E-state index in [0.717, 1.165) is 35.5 Å². The average molecular weight is 389 g/mol. The first-order valence-electron chi connectivity index (χ1n) is 9.31. The summed E-state index contributed by atoms with van der Waals surface area (Å²) in [6.07, 6.45) is 3.70. The van der Waals surface area contributed by atoms with Crippen LogP contribution in [0.1, 0.15) is 37.8 Å². The fraction of sp³-hybridized carbons (Fsp3) is 0.450. The third-order valence-electron chi connectivity index (χ3n) is 4.90. The molecule has 0 atom stereocenters. The van der Waals surface area contributed by atoms with Gasteiger partial charge in [-0.3, -0.25) is 0 Å². The van der Waals surface area contributed by atoms with Crippen molar-refractivity contribution in [3.8, 4) is 0 Å². The fourth-order valence-electron chi connectivity index (χ4n) is 2.77.